The molecule has 7 nitrogen and oxygen atoms in total. The Morgan fingerprint density at radius 3 is 2.61 bits per heavy atom. The van der Waals surface area contributed by atoms with Gasteiger partial charge in [-0.25, -0.2) is 9.79 Å². The Bertz CT molecular complexity index is 873. The van der Waals surface area contributed by atoms with Crippen LogP contribution in [-0.2, 0) is 9.53 Å². The molecular weight excluding hydrogens is 412 g/mol. The minimum atomic E-state index is -0.506. The van der Waals surface area contributed by atoms with Crippen LogP contribution in [0.4, 0.5) is 4.79 Å². The number of hydrogen-bond donors (Lipinski definition) is 1. The molecular formula is C23H32N4O3S. The fraction of sp³-hybridized carbons (Fsp3) is 0.522. The van der Waals surface area contributed by atoms with Gasteiger partial charge in [0.15, 0.2) is 0 Å². The summed E-state index contributed by atoms with van der Waals surface area (Å²) in [5, 5.41) is 4.89. The third-order valence-corrected chi connectivity index (χ3v) is 6.27. The molecule has 0 aliphatic carbocycles. The Labute approximate surface area is 188 Å². The summed E-state index contributed by atoms with van der Waals surface area (Å²) in [6.45, 7) is 10.7. The standard InChI is InChI=1S/C23H32N4O3S/c1-17-7-8-18(20-6-5-13-31-20)14-25-21(19(17)15-24-16-28)26-9-11-27(12-10-26)22(29)30-23(2,3)4/h5-6,13-14,16H,7-12,15H2,1-4H3,(H,24,28)/b18-14+,19-17+,25-21+. The maximum absolute atomic E-state index is 12.4. The molecule has 8 heteroatoms. The Kier molecular flexibility index (Phi) is 7.54. The van der Waals surface area contributed by atoms with E-state index in [1.807, 2.05) is 27.0 Å². The third-order valence-electron chi connectivity index (χ3n) is 5.33. The molecule has 1 saturated heterocycles. The second-order valence-electron chi connectivity index (χ2n) is 8.80. The van der Waals surface area contributed by atoms with E-state index in [9.17, 15) is 9.59 Å². The number of nitrogens with one attached hydrogen (secondary N) is 1. The lowest BCUT2D eigenvalue weighted by molar-refractivity contribution is -0.109. The number of thiophene rings is 1. The summed E-state index contributed by atoms with van der Waals surface area (Å²) in [6, 6.07) is 4.18. The van der Waals surface area contributed by atoms with Gasteiger partial charge in [0.2, 0.25) is 6.41 Å². The lowest BCUT2D eigenvalue weighted by atomic mass is 9.98. The Balaban J connectivity index is 1.81. The smallest absolute Gasteiger partial charge is 0.410 e. The molecule has 0 atom stereocenters. The van der Waals surface area contributed by atoms with Crippen LogP contribution < -0.4 is 5.32 Å². The highest BCUT2D eigenvalue weighted by atomic mass is 32.1. The number of ether oxygens (including phenoxy) is 1. The highest BCUT2D eigenvalue weighted by Gasteiger charge is 2.28. The number of piperazine rings is 1. The minimum absolute atomic E-state index is 0.277. The van der Waals surface area contributed by atoms with Gasteiger partial charge in [0.25, 0.3) is 0 Å². The highest BCUT2D eigenvalue weighted by Crippen LogP contribution is 2.29. The summed E-state index contributed by atoms with van der Waals surface area (Å²) in [5.41, 5.74) is 3.00. The molecule has 31 heavy (non-hydrogen) atoms. The molecule has 0 aromatic carbocycles. The molecule has 1 N–H and O–H groups in total. The van der Waals surface area contributed by atoms with Crippen LogP contribution in [0.2, 0.25) is 0 Å². The van der Waals surface area contributed by atoms with Gasteiger partial charge in [-0.05, 0) is 57.6 Å². The zero-order valence-corrected chi connectivity index (χ0v) is 19.6. The van der Waals surface area contributed by atoms with E-state index in [1.165, 1.54) is 16.0 Å². The van der Waals surface area contributed by atoms with E-state index in [-0.39, 0.29) is 6.09 Å². The molecule has 2 aliphatic heterocycles. The van der Waals surface area contributed by atoms with Crippen molar-refractivity contribution in [3.63, 3.8) is 0 Å². The van der Waals surface area contributed by atoms with Crippen molar-refractivity contribution in [2.24, 2.45) is 4.99 Å². The van der Waals surface area contributed by atoms with E-state index in [1.54, 1.807) is 16.2 Å². The number of hydrogen-bond acceptors (Lipinski definition) is 6. The first-order valence-electron chi connectivity index (χ1n) is 10.7. The minimum Gasteiger partial charge on any atom is -0.444 e. The molecule has 0 radical (unpaired) electrons. The van der Waals surface area contributed by atoms with Gasteiger partial charge < -0.3 is 19.9 Å². The predicted molar refractivity (Wildman–Crippen MR) is 125 cm³/mol. The van der Waals surface area contributed by atoms with Crippen LogP contribution in [0, 0.1) is 0 Å². The Hall–Kier alpha value is -2.61. The van der Waals surface area contributed by atoms with Crippen LogP contribution in [0.5, 0.6) is 0 Å². The Morgan fingerprint density at radius 2 is 2.00 bits per heavy atom. The monoisotopic (exact) mass is 444 g/mol. The number of nitrogens with zero attached hydrogens (tertiary/aromatic N) is 3. The molecule has 3 heterocycles. The number of carbonyl (C=O) groups is 2. The fourth-order valence-corrected chi connectivity index (χ4v) is 4.43. The molecule has 0 saturated carbocycles. The molecule has 1 aromatic heterocycles. The molecule has 2 amide bonds. The van der Waals surface area contributed by atoms with E-state index < -0.39 is 5.60 Å². The number of amidine groups is 1. The van der Waals surface area contributed by atoms with Crippen molar-refractivity contribution in [3.8, 4) is 0 Å². The third kappa shape index (κ3) is 6.19. The molecule has 3 rings (SSSR count). The number of rotatable bonds is 4. The van der Waals surface area contributed by atoms with Crippen molar-refractivity contribution in [3.05, 3.63) is 39.7 Å². The zero-order valence-electron chi connectivity index (χ0n) is 18.8. The van der Waals surface area contributed by atoms with Crippen LogP contribution in [-0.4, -0.2) is 66.5 Å². The zero-order chi connectivity index (χ0) is 22.4. The number of amides is 2. The van der Waals surface area contributed by atoms with Crippen molar-refractivity contribution >= 4 is 35.2 Å². The maximum Gasteiger partial charge on any atom is 0.410 e. The summed E-state index contributed by atoms with van der Waals surface area (Å²) in [7, 11) is 0. The lowest BCUT2D eigenvalue weighted by Gasteiger charge is -2.38. The van der Waals surface area contributed by atoms with Crippen molar-refractivity contribution < 1.29 is 14.3 Å². The molecule has 2 aliphatic rings. The predicted octanol–water partition coefficient (Wildman–Crippen LogP) is 3.90. The first-order chi connectivity index (χ1) is 14.8. The lowest BCUT2D eigenvalue weighted by Crippen LogP contribution is -2.52. The Morgan fingerprint density at radius 1 is 1.26 bits per heavy atom. The SMILES string of the molecule is C\C1=C(CNC=O)/C(N2CCN(C(=O)OC(C)(C)C)CC2)=N\C=C(\c2cccs2)CC1. The number of allylic oxidation sites excluding steroid dienone is 2. The normalized spacial score (nSPS) is 23.7. The quantitative estimate of drug-likeness (QED) is 0.715. The van der Waals surface area contributed by atoms with E-state index >= 15 is 0 Å². The van der Waals surface area contributed by atoms with Crippen LogP contribution in [0.3, 0.4) is 0 Å². The summed E-state index contributed by atoms with van der Waals surface area (Å²) < 4.78 is 5.51. The van der Waals surface area contributed by atoms with Gasteiger partial charge in [0.05, 0.1) is 0 Å². The van der Waals surface area contributed by atoms with Gasteiger partial charge in [-0.3, -0.25) is 4.79 Å². The van der Waals surface area contributed by atoms with Gasteiger partial charge in [0.1, 0.15) is 11.4 Å². The van der Waals surface area contributed by atoms with Crippen molar-refractivity contribution in [1.29, 1.82) is 0 Å². The summed E-state index contributed by atoms with van der Waals surface area (Å²) in [6.07, 6.45) is 4.25. The van der Waals surface area contributed by atoms with Gasteiger partial charge in [0, 0.05) is 49.4 Å². The second-order valence-corrected chi connectivity index (χ2v) is 9.74. The van der Waals surface area contributed by atoms with Crippen molar-refractivity contribution in [1.82, 2.24) is 15.1 Å². The molecule has 0 bridgehead atoms. The van der Waals surface area contributed by atoms with E-state index in [4.69, 9.17) is 9.73 Å². The van der Waals surface area contributed by atoms with E-state index in [2.05, 4.69) is 34.7 Å². The molecule has 0 unspecified atom stereocenters. The van der Waals surface area contributed by atoms with Gasteiger partial charge in [-0.1, -0.05) is 11.6 Å². The highest BCUT2D eigenvalue weighted by molar-refractivity contribution is 7.11. The summed E-state index contributed by atoms with van der Waals surface area (Å²) in [4.78, 5) is 33.5. The number of carbonyl (C=O) groups excluding carboxylic acids is 2. The maximum atomic E-state index is 12.4. The summed E-state index contributed by atoms with van der Waals surface area (Å²) in [5.74, 6) is 0.879. The van der Waals surface area contributed by atoms with E-state index in [0.29, 0.717) is 32.7 Å². The van der Waals surface area contributed by atoms with Crippen molar-refractivity contribution in [2.45, 2.75) is 46.1 Å². The van der Waals surface area contributed by atoms with Gasteiger partial charge in [-0.2, -0.15) is 0 Å². The summed E-state index contributed by atoms with van der Waals surface area (Å²) >= 11 is 1.72. The first kappa shape index (κ1) is 23.1. The largest absolute Gasteiger partial charge is 0.444 e. The van der Waals surface area contributed by atoms with E-state index in [0.717, 1.165) is 30.7 Å². The van der Waals surface area contributed by atoms with Crippen LogP contribution in [0.1, 0.15) is 45.4 Å². The van der Waals surface area contributed by atoms with Crippen LogP contribution in [0.25, 0.3) is 5.57 Å². The molecule has 1 aromatic rings. The molecule has 0 spiro atoms. The first-order valence-corrected chi connectivity index (χ1v) is 11.6. The van der Waals surface area contributed by atoms with Gasteiger partial charge in [-0.15, -0.1) is 11.3 Å². The van der Waals surface area contributed by atoms with Crippen molar-refractivity contribution in [2.75, 3.05) is 32.7 Å². The average molecular weight is 445 g/mol. The molecule has 168 valence electrons. The van der Waals surface area contributed by atoms with Crippen LogP contribution in [0.15, 0.2) is 39.9 Å². The number of aliphatic imine (C=N–C) groups is 1. The fourth-order valence-electron chi connectivity index (χ4n) is 3.67. The van der Waals surface area contributed by atoms with Crippen LogP contribution >= 0.6 is 11.3 Å². The topological polar surface area (TPSA) is 74.2 Å². The molecule has 1 fully saturated rings. The van der Waals surface area contributed by atoms with Gasteiger partial charge >= 0.3 is 6.09 Å². The average Bonchev–Trinajstić information content (AvgIpc) is 3.24. The second kappa shape index (κ2) is 10.1.